The van der Waals surface area contributed by atoms with E-state index in [0.29, 0.717) is 0 Å². The maximum absolute atomic E-state index is 11.2. The van der Waals surface area contributed by atoms with Crippen LogP contribution >= 0.6 is 0 Å². The minimum atomic E-state index is -1.69. The summed E-state index contributed by atoms with van der Waals surface area (Å²) in [5.41, 5.74) is 0.0190. The molecule has 1 aliphatic rings. The van der Waals surface area contributed by atoms with E-state index in [9.17, 15) is 20.4 Å². The number of aliphatic hydroxyl groups excluding tert-OH is 3. The number of hydrogen-bond donors (Lipinski definition) is 4. The zero-order chi connectivity index (χ0) is 17.9. The molecule has 0 aromatic heterocycles. The van der Waals surface area contributed by atoms with Crippen molar-refractivity contribution in [3.8, 4) is 0 Å². The number of aliphatic hydroxyl groups is 4. The highest BCUT2D eigenvalue weighted by atomic mass is 16.6. The first kappa shape index (κ1) is 18.0. The molecule has 0 bridgehead atoms. The molecule has 5 atom stereocenters. The molecule has 25 heavy (non-hydrogen) atoms. The molecule has 4 N–H and O–H groups in total. The van der Waals surface area contributed by atoms with E-state index in [1.54, 1.807) is 0 Å². The first-order valence-corrected chi connectivity index (χ1v) is 8.49. The Balaban J connectivity index is 1.84. The monoisotopic (exact) mass is 344 g/mol. The highest BCUT2D eigenvalue weighted by molar-refractivity contribution is 5.21. The van der Waals surface area contributed by atoms with E-state index in [0.717, 1.165) is 11.1 Å². The van der Waals surface area contributed by atoms with Crippen LogP contribution in [0.15, 0.2) is 60.7 Å². The summed E-state index contributed by atoms with van der Waals surface area (Å²) >= 11 is 0. The zero-order valence-electron chi connectivity index (χ0n) is 13.9. The lowest BCUT2D eigenvalue weighted by atomic mass is 9.77. The molecular weight excluding hydrogens is 320 g/mol. The van der Waals surface area contributed by atoms with E-state index in [1.807, 2.05) is 60.7 Å². The Morgan fingerprint density at radius 3 is 2.12 bits per heavy atom. The van der Waals surface area contributed by atoms with Gasteiger partial charge in [0.1, 0.15) is 11.7 Å². The van der Waals surface area contributed by atoms with Gasteiger partial charge in [0, 0.05) is 19.3 Å². The third-order valence-corrected chi connectivity index (χ3v) is 4.77. The first-order valence-electron chi connectivity index (χ1n) is 8.49. The van der Waals surface area contributed by atoms with Crippen molar-refractivity contribution >= 4 is 0 Å². The standard InChI is InChI=1S/C20H24O5/c21-16(11-14-7-3-1-4-8-14)19-20(24,17(22)12-18(23)25-19)13-15-9-5-2-6-10-15/h1-10,16-19,21-24H,11-13H2/t16?,17-,18+,19-,20+/m1/s1. The third kappa shape index (κ3) is 4.08. The van der Waals surface area contributed by atoms with Gasteiger partial charge in [-0.15, -0.1) is 0 Å². The molecule has 0 saturated carbocycles. The molecule has 1 unspecified atom stereocenters. The van der Waals surface area contributed by atoms with Crippen molar-refractivity contribution in [3.05, 3.63) is 71.8 Å². The predicted octanol–water partition coefficient (Wildman–Crippen LogP) is 1.03. The van der Waals surface area contributed by atoms with E-state index in [-0.39, 0.29) is 19.3 Å². The fourth-order valence-corrected chi connectivity index (χ4v) is 3.46. The van der Waals surface area contributed by atoms with E-state index in [2.05, 4.69) is 0 Å². The average Bonchev–Trinajstić information content (AvgIpc) is 2.60. The lowest BCUT2D eigenvalue weighted by Crippen LogP contribution is -2.64. The lowest BCUT2D eigenvalue weighted by molar-refractivity contribution is -0.292. The van der Waals surface area contributed by atoms with Gasteiger partial charge in [0.2, 0.25) is 0 Å². The summed E-state index contributed by atoms with van der Waals surface area (Å²) in [6, 6.07) is 18.6. The summed E-state index contributed by atoms with van der Waals surface area (Å²) in [5, 5.41) is 42.1. The van der Waals surface area contributed by atoms with E-state index in [1.165, 1.54) is 0 Å². The Morgan fingerprint density at radius 2 is 1.52 bits per heavy atom. The fourth-order valence-electron chi connectivity index (χ4n) is 3.46. The highest BCUT2D eigenvalue weighted by Gasteiger charge is 2.52. The van der Waals surface area contributed by atoms with Crippen LogP contribution in [0.25, 0.3) is 0 Å². The van der Waals surface area contributed by atoms with Gasteiger partial charge in [-0.1, -0.05) is 60.7 Å². The van der Waals surface area contributed by atoms with Crippen LogP contribution in [0.2, 0.25) is 0 Å². The molecule has 1 fully saturated rings. The molecule has 5 heteroatoms. The maximum Gasteiger partial charge on any atom is 0.157 e. The average molecular weight is 344 g/mol. The molecule has 1 heterocycles. The first-order chi connectivity index (χ1) is 12.0. The van der Waals surface area contributed by atoms with Gasteiger partial charge in [-0.25, -0.2) is 0 Å². The van der Waals surface area contributed by atoms with E-state index in [4.69, 9.17) is 4.74 Å². The van der Waals surface area contributed by atoms with Crippen molar-refractivity contribution in [2.45, 2.75) is 49.5 Å². The summed E-state index contributed by atoms with van der Waals surface area (Å²) in [6.07, 6.45) is -4.32. The van der Waals surface area contributed by atoms with Crippen LogP contribution in [0.1, 0.15) is 17.5 Å². The summed E-state index contributed by atoms with van der Waals surface area (Å²) in [6.45, 7) is 0. The van der Waals surface area contributed by atoms with Gasteiger partial charge in [0.05, 0.1) is 12.2 Å². The number of ether oxygens (including phenoxy) is 1. The normalized spacial score (nSPS) is 30.8. The van der Waals surface area contributed by atoms with E-state index < -0.39 is 30.2 Å². The molecule has 1 saturated heterocycles. The Morgan fingerprint density at radius 1 is 0.960 bits per heavy atom. The summed E-state index contributed by atoms with van der Waals surface area (Å²) < 4.78 is 5.47. The van der Waals surface area contributed by atoms with Crippen molar-refractivity contribution in [2.75, 3.05) is 0 Å². The van der Waals surface area contributed by atoms with Gasteiger partial charge < -0.3 is 25.2 Å². The highest BCUT2D eigenvalue weighted by Crippen LogP contribution is 2.34. The molecule has 134 valence electrons. The molecule has 3 rings (SSSR count). The second-order valence-corrected chi connectivity index (χ2v) is 6.67. The molecule has 5 nitrogen and oxygen atoms in total. The van der Waals surface area contributed by atoms with Gasteiger partial charge in [0.25, 0.3) is 0 Å². The van der Waals surface area contributed by atoms with Crippen molar-refractivity contribution in [3.63, 3.8) is 0 Å². The molecule has 2 aromatic carbocycles. The predicted molar refractivity (Wildman–Crippen MR) is 92.8 cm³/mol. The van der Waals surface area contributed by atoms with Gasteiger partial charge in [-0.3, -0.25) is 0 Å². The largest absolute Gasteiger partial charge is 0.390 e. The summed E-state index contributed by atoms with van der Waals surface area (Å²) in [5.74, 6) is 0. The van der Waals surface area contributed by atoms with Crippen LogP contribution < -0.4 is 0 Å². The van der Waals surface area contributed by atoms with Crippen molar-refractivity contribution in [1.82, 2.24) is 0 Å². The minimum absolute atomic E-state index is 0.0993. The molecule has 1 aliphatic heterocycles. The lowest BCUT2D eigenvalue weighted by Gasteiger charge is -2.46. The van der Waals surface area contributed by atoms with Gasteiger partial charge in [-0.05, 0) is 11.1 Å². The minimum Gasteiger partial charge on any atom is -0.390 e. The van der Waals surface area contributed by atoms with Crippen molar-refractivity contribution < 1.29 is 25.2 Å². The molecule has 0 amide bonds. The topological polar surface area (TPSA) is 90.2 Å². The smallest absolute Gasteiger partial charge is 0.157 e. The van der Waals surface area contributed by atoms with Crippen molar-refractivity contribution in [2.24, 2.45) is 0 Å². The van der Waals surface area contributed by atoms with Crippen LogP contribution in [0, 0.1) is 0 Å². The van der Waals surface area contributed by atoms with Crippen molar-refractivity contribution in [1.29, 1.82) is 0 Å². The molecular formula is C20H24O5. The summed E-state index contributed by atoms with van der Waals surface area (Å²) in [7, 11) is 0. The molecule has 2 aromatic rings. The van der Waals surface area contributed by atoms with Crippen LogP contribution in [-0.4, -0.2) is 50.6 Å². The molecule has 0 radical (unpaired) electrons. The Hall–Kier alpha value is -1.76. The SMILES string of the molecule is OC(Cc1ccccc1)[C@H]1O[C@H](O)C[C@@H](O)[C@@]1(O)Cc1ccccc1. The van der Waals surface area contributed by atoms with Crippen LogP contribution in [0.4, 0.5) is 0 Å². The fraction of sp³-hybridized carbons (Fsp3) is 0.400. The van der Waals surface area contributed by atoms with Crippen LogP contribution in [-0.2, 0) is 17.6 Å². The molecule has 0 aliphatic carbocycles. The number of benzene rings is 2. The summed E-state index contributed by atoms with van der Waals surface area (Å²) in [4.78, 5) is 0. The second kappa shape index (κ2) is 7.64. The number of hydrogen-bond acceptors (Lipinski definition) is 5. The Bertz CT molecular complexity index is 662. The number of rotatable bonds is 5. The Labute approximate surface area is 147 Å². The van der Waals surface area contributed by atoms with Crippen LogP contribution in [0.3, 0.4) is 0 Å². The van der Waals surface area contributed by atoms with Gasteiger partial charge in [0.15, 0.2) is 6.29 Å². The van der Waals surface area contributed by atoms with Gasteiger partial charge in [-0.2, -0.15) is 0 Å². The zero-order valence-corrected chi connectivity index (χ0v) is 13.9. The third-order valence-electron chi connectivity index (χ3n) is 4.77. The second-order valence-electron chi connectivity index (χ2n) is 6.67. The van der Waals surface area contributed by atoms with E-state index >= 15 is 0 Å². The van der Waals surface area contributed by atoms with Gasteiger partial charge >= 0.3 is 0 Å². The van der Waals surface area contributed by atoms with Crippen LogP contribution in [0.5, 0.6) is 0 Å². The Kier molecular flexibility index (Phi) is 5.51. The molecule has 0 spiro atoms. The quantitative estimate of drug-likeness (QED) is 0.651. The maximum atomic E-state index is 11.2.